The Kier molecular flexibility index (Phi) is 2.20. The fraction of sp³-hybridized carbons (Fsp3) is 0.538. The number of benzene rings is 1. The van der Waals surface area contributed by atoms with Crippen LogP contribution in [0.1, 0.15) is 36.3 Å². The van der Waals surface area contributed by atoms with Crippen molar-refractivity contribution in [3.63, 3.8) is 0 Å². The van der Waals surface area contributed by atoms with Crippen LogP contribution in [0.25, 0.3) is 0 Å². The highest BCUT2D eigenvalue weighted by molar-refractivity contribution is 5.33. The molecule has 3 unspecified atom stereocenters. The number of nitro groups is 1. The molecule has 3 nitrogen and oxygen atoms in total. The lowest BCUT2D eigenvalue weighted by atomic mass is 9.91. The summed E-state index contributed by atoms with van der Waals surface area (Å²) in [5.74, 6) is 0.728. The quantitative estimate of drug-likeness (QED) is 0.536. The molecule has 84 valence electrons. The molecule has 0 spiro atoms. The van der Waals surface area contributed by atoms with Gasteiger partial charge in [-0.15, -0.1) is 0 Å². The van der Waals surface area contributed by atoms with Gasteiger partial charge in [-0.3, -0.25) is 10.1 Å². The van der Waals surface area contributed by atoms with Crippen molar-refractivity contribution in [3.05, 3.63) is 45.5 Å². The van der Waals surface area contributed by atoms with Gasteiger partial charge in [0.2, 0.25) is 6.04 Å². The molecule has 3 rings (SSSR count). The summed E-state index contributed by atoms with van der Waals surface area (Å²) in [5, 5.41) is 11.0. The molecule has 3 atom stereocenters. The van der Waals surface area contributed by atoms with Crippen LogP contribution >= 0.6 is 0 Å². The molecular formula is C13H15NO2. The molecule has 0 radical (unpaired) electrons. The van der Waals surface area contributed by atoms with Crippen molar-refractivity contribution < 1.29 is 4.92 Å². The monoisotopic (exact) mass is 217 g/mol. The van der Waals surface area contributed by atoms with Crippen LogP contribution in [0, 0.1) is 16.0 Å². The van der Waals surface area contributed by atoms with Gasteiger partial charge < -0.3 is 0 Å². The summed E-state index contributed by atoms with van der Waals surface area (Å²) in [4.78, 5) is 10.9. The Bertz CT molecular complexity index is 430. The number of nitrogens with zero attached hydrogens (tertiary/aromatic N) is 1. The average molecular weight is 217 g/mol. The van der Waals surface area contributed by atoms with Crippen molar-refractivity contribution in [2.75, 3.05) is 0 Å². The largest absolute Gasteiger partial charge is 0.264 e. The van der Waals surface area contributed by atoms with Gasteiger partial charge in [0.1, 0.15) is 0 Å². The third-order valence-electron chi connectivity index (χ3n) is 4.21. The van der Waals surface area contributed by atoms with Crippen molar-refractivity contribution in [1.29, 1.82) is 0 Å². The SMILES string of the molecule is O=[N+]([O-])C1CC2CC1CCc1ccccc12. The van der Waals surface area contributed by atoms with Gasteiger partial charge in [-0.1, -0.05) is 24.3 Å². The Balaban J connectivity index is 1.97. The Morgan fingerprint density at radius 3 is 2.88 bits per heavy atom. The highest BCUT2D eigenvalue weighted by Crippen LogP contribution is 2.45. The maximum Gasteiger partial charge on any atom is 0.216 e. The third kappa shape index (κ3) is 1.42. The zero-order chi connectivity index (χ0) is 11.1. The molecule has 2 aliphatic rings. The van der Waals surface area contributed by atoms with E-state index in [1.165, 1.54) is 11.1 Å². The number of fused-ring (bicyclic) bond motifs is 4. The van der Waals surface area contributed by atoms with Crippen molar-refractivity contribution in [2.45, 2.75) is 37.6 Å². The average Bonchev–Trinajstić information content (AvgIpc) is 2.60. The third-order valence-corrected chi connectivity index (χ3v) is 4.21. The van der Waals surface area contributed by atoms with Gasteiger partial charge in [0.25, 0.3) is 0 Å². The summed E-state index contributed by atoms with van der Waals surface area (Å²) in [5.41, 5.74) is 2.78. The Labute approximate surface area is 94.6 Å². The van der Waals surface area contributed by atoms with E-state index in [2.05, 4.69) is 24.3 Å². The fourth-order valence-electron chi connectivity index (χ4n) is 3.43. The van der Waals surface area contributed by atoms with Crippen molar-refractivity contribution in [3.8, 4) is 0 Å². The van der Waals surface area contributed by atoms with Crippen LogP contribution in [0.4, 0.5) is 0 Å². The summed E-state index contributed by atoms with van der Waals surface area (Å²) in [6.07, 6.45) is 3.76. The van der Waals surface area contributed by atoms with E-state index < -0.39 is 0 Å². The minimum absolute atomic E-state index is 0.0569. The number of rotatable bonds is 1. The van der Waals surface area contributed by atoms with Gasteiger partial charge in [0.15, 0.2) is 0 Å². The lowest BCUT2D eigenvalue weighted by molar-refractivity contribution is -0.529. The predicted octanol–water partition coefficient (Wildman–Crippen LogP) is 2.77. The number of hydrogen-bond acceptors (Lipinski definition) is 2. The molecule has 2 bridgehead atoms. The zero-order valence-electron chi connectivity index (χ0n) is 9.13. The zero-order valence-corrected chi connectivity index (χ0v) is 9.13. The number of hydrogen-bond donors (Lipinski definition) is 0. The van der Waals surface area contributed by atoms with Crippen molar-refractivity contribution >= 4 is 0 Å². The summed E-state index contributed by atoms with van der Waals surface area (Å²) in [6.45, 7) is 0. The summed E-state index contributed by atoms with van der Waals surface area (Å²) in [6, 6.07) is 8.17. The minimum atomic E-state index is -0.293. The molecule has 0 saturated heterocycles. The summed E-state index contributed by atoms with van der Waals surface area (Å²) < 4.78 is 0. The molecule has 0 heterocycles. The van der Waals surface area contributed by atoms with Gasteiger partial charge >= 0.3 is 0 Å². The standard InChI is InChI=1S/C13H15NO2/c15-14(16)13-8-11-7-10(13)6-5-9-3-1-2-4-12(9)11/h1-4,10-11,13H,5-8H2. The molecule has 0 aromatic heterocycles. The molecule has 3 heteroatoms. The van der Waals surface area contributed by atoms with E-state index in [0.29, 0.717) is 11.8 Å². The second-order valence-corrected chi connectivity index (χ2v) is 5.02. The lowest BCUT2D eigenvalue weighted by Gasteiger charge is -2.15. The van der Waals surface area contributed by atoms with E-state index in [1.54, 1.807) is 0 Å². The molecule has 0 aliphatic heterocycles. The van der Waals surface area contributed by atoms with Crippen LogP contribution in [-0.2, 0) is 6.42 Å². The smallest absolute Gasteiger partial charge is 0.216 e. The molecule has 16 heavy (non-hydrogen) atoms. The van der Waals surface area contributed by atoms with Crippen LogP contribution < -0.4 is 0 Å². The van der Waals surface area contributed by atoms with Gasteiger partial charge in [-0.25, -0.2) is 0 Å². The first-order valence-corrected chi connectivity index (χ1v) is 5.97. The first kappa shape index (κ1) is 9.82. The van der Waals surface area contributed by atoms with Crippen LogP contribution in [0.15, 0.2) is 24.3 Å². The second-order valence-electron chi connectivity index (χ2n) is 5.02. The van der Waals surface area contributed by atoms with Crippen LogP contribution in [-0.4, -0.2) is 11.0 Å². The van der Waals surface area contributed by atoms with Gasteiger partial charge in [0, 0.05) is 17.3 Å². The fourth-order valence-corrected chi connectivity index (χ4v) is 3.43. The maximum atomic E-state index is 11.0. The molecule has 1 saturated carbocycles. The van der Waals surface area contributed by atoms with Gasteiger partial charge in [-0.2, -0.15) is 0 Å². The van der Waals surface area contributed by atoms with E-state index in [9.17, 15) is 10.1 Å². The van der Waals surface area contributed by atoms with Gasteiger partial charge in [0.05, 0.1) is 0 Å². The van der Waals surface area contributed by atoms with E-state index in [1.807, 2.05) is 0 Å². The summed E-state index contributed by atoms with van der Waals surface area (Å²) >= 11 is 0. The normalized spacial score (nSPS) is 31.9. The first-order chi connectivity index (χ1) is 7.75. The number of aryl methyl sites for hydroxylation is 1. The van der Waals surface area contributed by atoms with Crippen LogP contribution in [0.5, 0.6) is 0 Å². The molecule has 1 fully saturated rings. The topological polar surface area (TPSA) is 43.1 Å². The molecule has 2 aliphatic carbocycles. The molecule has 0 amide bonds. The van der Waals surface area contributed by atoms with Gasteiger partial charge in [-0.05, 0) is 36.3 Å². The van der Waals surface area contributed by atoms with Crippen molar-refractivity contribution in [2.24, 2.45) is 5.92 Å². The Hall–Kier alpha value is -1.38. The molecule has 1 aromatic carbocycles. The van der Waals surface area contributed by atoms with Crippen molar-refractivity contribution in [1.82, 2.24) is 0 Å². The van der Waals surface area contributed by atoms with E-state index >= 15 is 0 Å². The summed E-state index contributed by atoms with van der Waals surface area (Å²) in [7, 11) is 0. The molecular weight excluding hydrogens is 202 g/mol. The van der Waals surface area contributed by atoms with E-state index in [0.717, 1.165) is 25.7 Å². The highest BCUT2D eigenvalue weighted by atomic mass is 16.6. The molecule has 0 N–H and O–H groups in total. The highest BCUT2D eigenvalue weighted by Gasteiger charge is 2.44. The lowest BCUT2D eigenvalue weighted by Crippen LogP contribution is -2.24. The van der Waals surface area contributed by atoms with Crippen LogP contribution in [0.2, 0.25) is 0 Å². The molecule has 1 aromatic rings. The minimum Gasteiger partial charge on any atom is -0.264 e. The Morgan fingerprint density at radius 2 is 2.06 bits per heavy atom. The van der Waals surface area contributed by atoms with E-state index in [4.69, 9.17) is 0 Å². The first-order valence-electron chi connectivity index (χ1n) is 5.97. The maximum absolute atomic E-state index is 11.0. The predicted molar refractivity (Wildman–Crippen MR) is 61.0 cm³/mol. The second kappa shape index (κ2) is 3.58. The van der Waals surface area contributed by atoms with Crippen LogP contribution in [0.3, 0.4) is 0 Å². The Morgan fingerprint density at radius 1 is 1.25 bits per heavy atom. The van der Waals surface area contributed by atoms with E-state index in [-0.39, 0.29) is 11.0 Å².